The minimum atomic E-state index is -3.02. The summed E-state index contributed by atoms with van der Waals surface area (Å²) in [6.45, 7) is 1.29. The van der Waals surface area contributed by atoms with E-state index in [1.54, 1.807) is 11.3 Å². The van der Waals surface area contributed by atoms with Gasteiger partial charge in [-0.1, -0.05) is 25.3 Å². The molecule has 0 spiro atoms. The quantitative estimate of drug-likeness (QED) is 0.797. The van der Waals surface area contributed by atoms with Gasteiger partial charge in [-0.05, 0) is 50.0 Å². The second-order valence-electron chi connectivity index (χ2n) is 7.77. The summed E-state index contributed by atoms with van der Waals surface area (Å²) in [4.78, 5) is 16.8. The van der Waals surface area contributed by atoms with Crippen molar-refractivity contribution in [3.05, 3.63) is 22.4 Å². The third kappa shape index (κ3) is 4.45. The molecule has 4 nitrogen and oxygen atoms in total. The molecule has 0 bridgehead atoms. The molecule has 1 amide bonds. The molecule has 1 aliphatic carbocycles. The number of likely N-dealkylation sites (tertiary alicyclic amines) is 1. The van der Waals surface area contributed by atoms with Crippen LogP contribution >= 0.6 is 11.3 Å². The first-order valence-electron chi connectivity index (χ1n) is 9.41. The molecular formula is C19H29NO3S2. The molecule has 25 heavy (non-hydrogen) atoms. The molecule has 1 aliphatic heterocycles. The molecule has 2 aliphatic rings. The predicted octanol–water partition coefficient (Wildman–Crippen LogP) is 3.67. The van der Waals surface area contributed by atoms with Crippen molar-refractivity contribution in [2.75, 3.05) is 19.3 Å². The van der Waals surface area contributed by atoms with Crippen molar-refractivity contribution < 1.29 is 13.2 Å². The van der Waals surface area contributed by atoms with Gasteiger partial charge >= 0.3 is 0 Å². The summed E-state index contributed by atoms with van der Waals surface area (Å²) in [5.41, 5.74) is -0.270. The van der Waals surface area contributed by atoms with Crippen LogP contribution in [0.5, 0.6) is 0 Å². The maximum Gasteiger partial charge on any atom is 0.229 e. The molecule has 2 heterocycles. The Hall–Kier alpha value is -0.880. The number of thiophene rings is 1. The zero-order valence-electron chi connectivity index (χ0n) is 15.1. The number of sulfone groups is 1. The molecule has 0 N–H and O–H groups in total. The molecule has 3 rings (SSSR count). The van der Waals surface area contributed by atoms with Crippen LogP contribution in [0.3, 0.4) is 0 Å². The van der Waals surface area contributed by atoms with E-state index in [4.69, 9.17) is 0 Å². The van der Waals surface area contributed by atoms with E-state index in [-0.39, 0.29) is 16.6 Å². The number of amides is 1. The SMILES string of the molecule is CS(=O)(=O)[C@H]1CCCN(C(=O)C2(Cc3cccs3)CCCCC2)CC1. The Balaban J connectivity index is 1.75. The number of hydrogen-bond donors (Lipinski definition) is 0. The number of carbonyl (C=O) groups excluding carboxylic acids is 1. The van der Waals surface area contributed by atoms with Gasteiger partial charge in [-0.3, -0.25) is 4.79 Å². The van der Waals surface area contributed by atoms with E-state index < -0.39 is 9.84 Å². The standard InChI is InChI=1S/C19H29NO3S2/c1-25(22,23)17-8-5-12-20(13-9-17)18(21)19(10-3-2-4-11-19)15-16-7-6-14-24-16/h6-7,14,17H,2-5,8-13,15H2,1H3/t17-/m0/s1. The van der Waals surface area contributed by atoms with Crippen LogP contribution in [0.1, 0.15) is 56.2 Å². The number of rotatable bonds is 4. The Kier molecular flexibility index (Phi) is 5.88. The predicted molar refractivity (Wildman–Crippen MR) is 103 cm³/mol. The van der Waals surface area contributed by atoms with Crippen molar-refractivity contribution in [1.82, 2.24) is 4.90 Å². The third-order valence-corrected chi connectivity index (χ3v) is 8.48. The third-order valence-electron chi connectivity index (χ3n) is 5.92. The highest BCUT2D eigenvalue weighted by Crippen LogP contribution is 2.42. The van der Waals surface area contributed by atoms with E-state index in [1.165, 1.54) is 17.6 Å². The molecule has 1 saturated heterocycles. The smallest absolute Gasteiger partial charge is 0.229 e. The molecule has 2 fully saturated rings. The van der Waals surface area contributed by atoms with Crippen LogP contribution in [-0.4, -0.2) is 43.8 Å². The van der Waals surface area contributed by atoms with Gasteiger partial charge in [0.2, 0.25) is 5.91 Å². The summed E-state index contributed by atoms with van der Waals surface area (Å²) in [6.07, 6.45) is 9.62. The molecule has 1 aromatic rings. The van der Waals surface area contributed by atoms with Crippen LogP contribution < -0.4 is 0 Å². The van der Waals surface area contributed by atoms with Gasteiger partial charge in [-0.2, -0.15) is 0 Å². The van der Waals surface area contributed by atoms with Gasteiger partial charge in [0.25, 0.3) is 0 Å². The second-order valence-corrected chi connectivity index (χ2v) is 11.1. The van der Waals surface area contributed by atoms with Gasteiger partial charge < -0.3 is 4.90 Å². The van der Waals surface area contributed by atoms with Crippen molar-refractivity contribution >= 4 is 27.1 Å². The van der Waals surface area contributed by atoms with E-state index in [0.29, 0.717) is 25.9 Å². The fourth-order valence-electron chi connectivity index (χ4n) is 4.47. The topological polar surface area (TPSA) is 54.5 Å². The summed E-state index contributed by atoms with van der Waals surface area (Å²) < 4.78 is 23.8. The molecule has 0 radical (unpaired) electrons. The highest BCUT2D eigenvalue weighted by molar-refractivity contribution is 7.91. The summed E-state index contributed by atoms with van der Waals surface area (Å²) in [5.74, 6) is 0.273. The molecule has 1 aromatic heterocycles. The second kappa shape index (κ2) is 7.78. The molecule has 1 atom stereocenters. The Morgan fingerprint density at radius 1 is 1.20 bits per heavy atom. The average molecular weight is 384 g/mol. The lowest BCUT2D eigenvalue weighted by molar-refractivity contribution is -0.144. The fourth-order valence-corrected chi connectivity index (χ4v) is 6.45. The number of nitrogens with zero attached hydrogens (tertiary/aromatic N) is 1. The zero-order valence-corrected chi connectivity index (χ0v) is 16.7. The normalized spacial score (nSPS) is 24.7. The van der Waals surface area contributed by atoms with E-state index in [2.05, 4.69) is 17.5 Å². The van der Waals surface area contributed by atoms with Gasteiger partial charge in [0.1, 0.15) is 9.84 Å². The lowest BCUT2D eigenvalue weighted by Crippen LogP contribution is -2.46. The van der Waals surface area contributed by atoms with Gasteiger partial charge in [0.05, 0.1) is 10.7 Å². The van der Waals surface area contributed by atoms with E-state index in [0.717, 1.165) is 38.5 Å². The minimum Gasteiger partial charge on any atom is -0.342 e. The summed E-state index contributed by atoms with van der Waals surface area (Å²) >= 11 is 1.74. The summed E-state index contributed by atoms with van der Waals surface area (Å²) in [7, 11) is -3.02. The van der Waals surface area contributed by atoms with Crippen molar-refractivity contribution in [2.45, 2.75) is 63.0 Å². The van der Waals surface area contributed by atoms with Gasteiger partial charge in [0, 0.05) is 24.2 Å². The average Bonchev–Trinajstić information content (AvgIpc) is 2.94. The monoisotopic (exact) mass is 383 g/mol. The van der Waals surface area contributed by atoms with Gasteiger partial charge in [-0.15, -0.1) is 11.3 Å². The highest BCUT2D eigenvalue weighted by atomic mass is 32.2. The zero-order chi connectivity index (χ0) is 17.9. The molecule has 6 heteroatoms. The number of hydrogen-bond acceptors (Lipinski definition) is 4. The van der Waals surface area contributed by atoms with E-state index in [1.807, 2.05) is 4.90 Å². The van der Waals surface area contributed by atoms with E-state index >= 15 is 0 Å². The van der Waals surface area contributed by atoms with Crippen LogP contribution in [0.4, 0.5) is 0 Å². The molecule has 0 aromatic carbocycles. The van der Waals surface area contributed by atoms with Crippen LogP contribution in [0, 0.1) is 5.41 Å². The van der Waals surface area contributed by atoms with Gasteiger partial charge in [0.15, 0.2) is 0 Å². The molecule has 140 valence electrons. The molecule has 1 saturated carbocycles. The van der Waals surface area contributed by atoms with Crippen LogP contribution in [-0.2, 0) is 21.1 Å². The first-order chi connectivity index (χ1) is 11.9. The summed E-state index contributed by atoms with van der Waals surface area (Å²) in [5, 5.41) is 1.80. The largest absolute Gasteiger partial charge is 0.342 e. The van der Waals surface area contributed by atoms with Crippen molar-refractivity contribution in [3.63, 3.8) is 0 Å². The van der Waals surface area contributed by atoms with Crippen LogP contribution in [0.2, 0.25) is 0 Å². The fraction of sp³-hybridized carbons (Fsp3) is 0.737. The summed E-state index contributed by atoms with van der Waals surface area (Å²) in [6, 6.07) is 4.19. The lowest BCUT2D eigenvalue weighted by Gasteiger charge is -2.39. The molecular weight excluding hydrogens is 354 g/mol. The lowest BCUT2D eigenvalue weighted by atomic mass is 9.70. The van der Waals surface area contributed by atoms with Crippen LogP contribution in [0.15, 0.2) is 17.5 Å². The first kappa shape index (κ1) is 18.9. The first-order valence-corrected chi connectivity index (χ1v) is 12.2. The maximum absolute atomic E-state index is 13.5. The minimum absolute atomic E-state index is 0.270. The Bertz CT molecular complexity index is 676. The maximum atomic E-state index is 13.5. The highest BCUT2D eigenvalue weighted by Gasteiger charge is 2.42. The van der Waals surface area contributed by atoms with Crippen molar-refractivity contribution in [3.8, 4) is 0 Å². The number of carbonyl (C=O) groups is 1. The van der Waals surface area contributed by atoms with Crippen molar-refractivity contribution in [2.24, 2.45) is 5.41 Å². The van der Waals surface area contributed by atoms with Gasteiger partial charge in [-0.25, -0.2) is 8.42 Å². The Labute approximate surface area is 155 Å². The Morgan fingerprint density at radius 2 is 1.96 bits per heavy atom. The van der Waals surface area contributed by atoms with E-state index in [9.17, 15) is 13.2 Å². The van der Waals surface area contributed by atoms with Crippen LogP contribution in [0.25, 0.3) is 0 Å². The Morgan fingerprint density at radius 3 is 2.60 bits per heavy atom. The van der Waals surface area contributed by atoms with Crippen molar-refractivity contribution in [1.29, 1.82) is 0 Å². The molecule has 0 unspecified atom stereocenters.